The first kappa shape index (κ1) is 15.7. The summed E-state index contributed by atoms with van der Waals surface area (Å²) in [5.41, 5.74) is 1.61. The molecule has 1 spiro atoms. The molecule has 2 aliphatic heterocycles. The van der Waals surface area contributed by atoms with Crippen molar-refractivity contribution in [3.63, 3.8) is 0 Å². The summed E-state index contributed by atoms with van der Waals surface area (Å²) in [4.78, 5) is 9.43. The second-order valence-corrected chi connectivity index (χ2v) is 6.51. The molecule has 1 aromatic heterocycles. The van der Waals surface area contributed by atoms with E-state index in [9.17, 15) is 13.2 Å². The SMILES string of the molecule is Cc1nc(C(F)(F)F)ncc1CN1CCC2(CCNCC2)C1. The molecule has 0 amide bonds. The molecule has 0 saturated carbocycles. The Labute approximate surface area is 128 Å². The third-order valence-electron chi connectivity index (χ3n) is 4.91. The third kappa shape index (κ3) is 3.25. The molecule has 2 saturated heterocycles. The van der Waals surface area contributed by atoms with E-state index in [4.69, 9.17) is 0 Å². The molecular formula is C15H21F3N4. The summed E-state index contributed by atoms with van der Waals surface area (Å²) >= 11 is 0. The van der Waals surface area contributed by atoms with E-state index in [1.54, 1.807) is 6.92 Å². The van der Waals surface area contributed by atoms with Crippen LogP contribution in [0, 0.1) is 12.3 Å². The van der Waals surface area contributed by atoms with Crippen molar-refractivity contribution in [1.29, 1.82) is 0 Å². The van der Waals surface area contributed by atoms with Crippen LogP contribution in [-0.2, 0) is 12.7 Å². The fraction of sp³-hybridized carbons (Fsp3) is 0.733. The minimum Gasteiger partial charge on any atom is -0.317 e. The number of hydrogen-bond acceptors (Lipinski definition) is 4. The van der Waals surface area contributed by atoms with E-state index in [0.717, 1.165) is 31.7 Å². The minimum absolute atomic E-state index is 0.395. The van der Waals surface area contributed by atoms with Gasteiger partial charge >= 0.3 is 6.18 Å². The molecule has 0 atom stereocenters. The van der Waals surface area contributed by atoms with Crippen molar-refractivity contribution >= 4 is 0 Å². The number of halogens is 3. The van der Waals surface area contributed by atoms with Crippen molar-refractivity contribution in [2.45, 2.75) is 38.9 Å². The van der Waals surface area contributed by atoms with E-state index >= 15 is 0 Å². The third-order valence-corrected chi connectivity index (χ3v) is 4.91. The lowest BCUT2D eigenvalue weighted by atomic mass is 9.78. The maximum atomic E-state index is 12.6. The number of likely N-dealkylation sites (tertiary alicyclic amines) is 1. The van der Waals surface area contributed by atoms with E-state index in [0.29, 0.717) is 17.7 Å². The molecule has 7 heteroatoms. The summed E-state index contributed by atoms with van der Waals surface area (Å²) in [6, 6.07) is 0. The van der Waals surface area contributed by atoms with Crippen molar-refractivity contribution in [3.8, 4) is 0 Å². The molecule has 2 fully saturated rings. The highest BCUT2D eigenvalue weighted by Gasteiger charge is 2.39. The molecule has 1 aromatic rings. The van der Waals surface area contributed by atoms with Crippen LogP contribution < -0.4 is 5.32 Å². The lowest BCUT2D eigenvalue weighted by Crippen LogP contribution is -2.38. The van der Waals surface area contributed by atoms with Crippen LogP contribution in [0.2, 0.25) is 0 Å². The van der Waals surface area contributed by atoms with E-state index in [2.05, 4.69) is 20.2 Å². The molecule has 0 radical (unpaired) electrons. The lowest BCUT2D eigenvalue weighted by molar-refractivity contribution is -0.145. The molecule has 122 valence electrons. The van der Waals surface area contributed by atoms with Gasteiger partial charge < -0.3 is 5.32 Å². The van der Waals surface area contributed by atoms with Crippen molar-refractivity contribution in [1.82, 2.24) is 20.2 Å². The van der Waals surface area contributed by atoms with Crippen molar-refractivity contribution in [2.75, 3.05) is 26.2 Å². The molecule has 0 bridgehead atoms. The predicted octanol–water partition coefficient (Wildman–Crippen LogP) is 2.38. The van der Waals surface area contributed by atoms with Crippen LogP contribution in [0.15, 0.2) is 6.20 Å². The summed E-state index contributed by atoms with van der Waals surface area (Å²) in [5, 5.41) is 3.38. The summed E-state index contributed by atoms with van der Waals surface area (Å²) < 4.78 is 37.8. The van der Waals surface area contributed by atoms with Gasteiger partial charge in [-0.25, -0.2) is 9.97 Å². The van der Waals surface area contributed by atoms with Crippen LogP contribution in [0.1, 0.15) is 36.3 Å². The second kappa shape index (κ2) is 5.77. The van der Waals surface area contributed by atoms with Gasteiger partial charge in [0, 0.05) is 30.5 Å². The highest BCUT2D eigenvalue weighted by molar-refractivity contribution is 5.17. The molecule has 4 nitrogen and oxygen atoms in total. The molecule has 1 N–H and O–H groups in total. The van der Waals surface area contributed by atoms with Crippen molar-refractivity contribution < 1.29 is 13.2 Å². The van der Waals surface area contributed by atoms with Gasteiger partial charge in [-0.1, -0.05) is 0 Å². The number of aromatic nitrogens is 2. The number of nitrogens with one attached hydrogen (secondary N) is 1. The summed E-state index contributed by atoms with van der Waals surface area (Å²) in [5.74, 6) is -1.05. The summed E-state index contributed by atoms with van der Waals surface area (Å²) in [6.45, 7) is 6.42. The molecule has 22 heavy (non-hydrogen) atoms. The Morgan fingerprint density at radius 2 is 2.00 bits per heavy atom. The first-order valence-corrected chi connectivity index (χ1v) is 7.71. The monoisotopic (exact) mass is 314 g/mol. The van der Waals surface area contributed by atoms with Gasteiger partial charge in [0.25, 0.3) is 0 Å². The van der Waals surface area contributed by atoms with Gasteiger partial charge in [-0.05, 0) is 51.2 Å². The standard InChI is InChI=1S/C15H21F3N4/c1-11-12(8-20-13(21-11)15(16,17)18)9-22-7-4-14(10-22)2-5-19-6-3-14/h8,19H,2-7,9-10H2,1H3. The first-order chi connectivity index (χ1) is 10.4. The topological polar surface area (TPSA) is 41.1 Å². The molecular weight excluding hydrogens is 293 g/mol. The lowest BCUT2D eigenvalue weighted by Gasteiger charge is -2.34. The summed E-state index contributed by atoms with van der Waals surface area (Å²) in [6.07, 6.45) is 0.405. The predicted molar refractivity (Wildman–Crippen MR) is 76.2 cm³/mol. The number of alkyl halides is 3. The Kier molecular flexibility index (Phi) is 4.11. The second-order valence-electron chi connectivity index (χ2n) is 6.51. The van der Waals surface area contributed by atoms with Gasteiger partial charge in [-0.15, -0.1) is 0 Å². The number of hydrogen-bond donors (Lipinski definition) is 1. The van der Waals surface area contributed by atoms with Crippen LogP contribution in [0.5, 0.6) is 0 Å². The van der Waals surface area contributed by atoms with E-state index in [1.165, 1.54) is 25.5 Å². The van der Waals surface area contributed by atoms with Gasteiger partial charge in [0.1, 0.15) is 0 Å². The van der Waals surface area contributed by atoms with E-state index < -0.39 is 12.0 Å². The minimum atomic E-state index is -4.48. The van der Waals surface area contributed by atoms with Crippen LogP contribution in [0.3, 0.4) is 0 Å². The normalized spacial score (nSPS) is 22.4. The van der Waals surface area contributed by atoms with Crippen LogP contribution in [0.25, 0.3) is 0 Å². The van der Waals surface area contributed by atoms with Crippen LogP contribution in [0.4, 0.5) is 13.2 Å². The highest BCUT2D eigenvalue weighted by atomic mass is 19.4. The zero-order valence-electron chi connectivity index (χ0n) is 12.7. The maximum Gasteiger partial charge on any atom is 0.451 e. The Hall–Kier alpha value is -1.21. The largest absolute Gasteiger partial charge is 0.451 e. The smallest absolute Gasteiger partial charge is 0.317 e. The Bertz CT molecular complexity index is 538. The molecule has 0 aliphatic carbocycles. The Balaban J connectivity index is 1.67. The molecule has 3 heterocycles. The fourth-order valence-electron chi connectivity index (χ4n) is 3.55. The quantitative estimate of drug-likeness (QED) is 0.910. The van der Waals surface area contributed by atoms with Crippen LogP contribution >= 0.6 is 0 Å². The Morgan fingerprint density at radius 1 is 1.27 bits per heavy atom. The number of aryl methyl sites for hydroxylation is 1. The average molecular weight is 314 g/mol. The molecule has 0 unspecified atom stereocenters. The van der Waals surface area contributed by atoms with Crippen LogP contribution in [-0.4, -0.2) is 41.0 Å². The first-order valence-electron chi connectivity index (χ1n) is 7.71. The van der Waals surface area contributed by atoms with Gasteiger partial charge in [0.15, 0.2) is 0 Å². The number of nitrogens with zero attached hydrogens (tertiary/aromatic N) is 3. The summed E-state index contributed by atoms with van der Waals surface area (Å²) in [7, 11) is 0. The average Bonchev–Trinajstić information content (AvgIpc) is 2.83. The zero-order valence-corrected chi connectivity index (χ0v) is 12.7. The molecule has 2 aliphatic rings. The van der Waals surface area contributed by atoms with Crippen molar-refractivity contribution in [2.24, 2.45) is 5.41 Å². The van der Waals surface area contributed by atoms with E-state index in [1.807, 2.05) is 0 Å². The molecule has 3 rings (SSSR count). The highest BCUT2D eigenvalue weighted by Crippen LogP contribution is 2.39. The van der Waals surface area contributed by atoms with Gasteiger partial charge in [-0.3, -0.25) is 4.90 Å². The molecule has 0 aromatic carbocycles. The number of rotatable bonds is 2. The maximum absolute atomic E-state index is 12.6. The fourth-order valence-corrected chi connectivity index (χ4v) is 3.55. The number of piperidine rings is 1. The zero-order chi connectivity index (χ0) is 15.8. The van der Waals surface area contributed by atoms with Crippen molar-refractivity contribution in [3.05, 3.63) is 23.3 Å². The van der Waals surface area contributed by atoms with Gasteiger partial charge in [0.2, 0.25) is 5.82 Å². The van der Waals surface area contributed by atoms with Gasteiger partial charge in [-0.2, -0.15) is 13.2 Å². The Morgan fingerprint density at radius 3 is 2.64 bits per heavy atom. The van der Waals surface area contributed by atoms with Gasteiger partial charge in [0.05, 0.1) is 0 Å². The van der Waals surface area contributed by atoms with E-state index in [-0.39, 0.29) is 0 Å².